The van der Waals surface area contributed by atoms with Gasteiger partial charge in [0, 0.05) is 43.3 Å². The lowest BCUT2D eigenvalue weighted by Gasteiger charge is -2.59. The van der Waals surface area contributed by atoms with Gasteiger partial charge < -0.3 is 10.4 Å². The summed E-state index contributed by atoms with van der Waals surface area (Å²) in [5.74, 6) is 1.08. The third-order valence-corrected chi connectivity index (χ3v) is 6.79. The number of hydrogen-bond acceptors (Lipinski definition) is 3. The van der Waals surface area contributed by atoms with Gasteiger partial charge in [-0.05, 0) is 36.8 Å². The van der Waals surface area contributed by atoms with Gasteiger partial charge in [-0.1, -0.05) is 44.4 Å². The lowest BCUT2D eigenvalue weighted by Crippen LogP contribution is -2.70. The zero-order valence-corrected chi connectivity index (χ0v) is 16.4. The Hall–Kier alpha value is -1.59. The van der Waals surface area contributed by atoms with E-state index in [2.05, 4.69) is 35.3 Å². The second-order valence-electron chi connectivity index (χ2n) is 8.45. The maximum Gasteiger partial charge on any atom is 0.321 e. The van der Waals surface area contributed by atoms with Gasteiger partial charge in [0.1, 0.15) is 0 Å². The largest absolute Gasteiger partial charge is 0.395 e. The highest BCUT2D eigenvalue weighted by Gasteiger charge is 2.53. The summed E-state index contributed by atoms with van der Waals surface area (Å²) in [4.78, 5) is 17.2. The Morgan fingerprint density at radius 2 is 2.00 bits per heavy atom. The fourth-order valence-corrected chi connectivity index (χ4v) is 5.42. The van der Waals surface area contributed by atoms with E-state index in [4.69, 9.17) is 0 Å². The number of hydrogen-bond donors (Lipinski definition) is 2. The number of carbonyl (C=O) groups is 1. The number of nitrogens with one attached hydrogen (secondary N) is 1. The SMILES string of the molecule is CCCNC(=O)N1C[C@H]2[C@@H](c3ccccc31)[C@H](CO)N2CC1CCCCC1. The van der Waals surface area contributed by atoms with Crippen LogP contribution in [0.1, 0.15) is 56.9 Å². The molecule has 0 spiro atoms. The van der Waals surface area contributed by atoms with Gasteiger partial charge in [-0.25, -0.2) is 4.79 Å². The van der Waals surface area contributed by atoms with E-state index in [-0.39, 0.29) is 18.7 Å². The first kappa shape index (κ1) is 18.8. The fourth-order valence-electron chi connectivity index (χ4n) is 5.42. The van der Waals surface area contributed by atoms with Gasteiger partial charge in [0.15, 0.2) is 0 Å². The van der Waals surface area contributed by atoms with E-state index >= 15 is 0 Å². The molecule has 1 aliphatic carbocycles. The van der Waals surface area contributed by atoms with Crippen molar-refractivity contribution in [2.45, 2.75) is 63.5 Å². The first-order valence-electron chi connectivity index (χ1n) is 10.8. The number of carbonyl (C=O) groups excluding carboxylic acids is 1. The second kappa shape index (κ2) is 8.19. The molecule has 27 heavy (non-hydrogen) atoms. The molecule has 3 aliphatic rings. The molecule has 0 bridgehead atoms. The monoisotopic (exact) mass is 371 g/mol. The van der Waals surface area contributed by atoms with E-state index in [0.717, 1.165) is 31.1 Å². The number of benzene rings is 1. The summed E-state index contributed by atoms with van der Waals surface area (Å²) in [5.41, 5.74) is 2.24. The maximum absolute atomic E-state index is 12.8. The number of para-hydroxylation sites is 1. The smallest absolute Gasteiger partial charge is 0.321 e. The summed E-state index contributed by atoms with van der Waals surface area (Å²) in [5, 5.41) is 13.2. The lowest BCUT2D eigenvalue weighted by molar-refractivity contribution is -0.0542. The van der Waals surface area contributed by atoms with Crippen LogP contribution in [0.4, 0.5) is 10.5 Å². The minimum absolute atomic E-state index is 0.00724. The van der Waals surface area contributed by atoms with Crippen molar-refractivity contribution in [2.75, 3.05) is 31.1 Å². The van der Waals surface area contributed by atoms with Crippen molar-refractivity contribution >= 4 is 11.7 Å². The third-order valence-electron chi connectivity index (χ3n) is 6.79. The molecule has 1 saturated heterocycles. The second-order valence-corrected chi connectivity index (χ2v) is 8.45. The minimum atomic E-state index is 0.00724. The van der Waals surface area contributed by atoms with E-state index in [0.29, 0.717) is 18.5 Å². The van der Waals surface area contributed by atoms with E-state index in [1.165, 1.54) is 37.7 Å². The number of nitrogens with zero attached hydrogens (tertiary/aromatic N) is 2. The predicted octanol–water partition coefficient (Wildman–Crippen LogP) is 3.34. The Labute approximate surface area is 162 Å². The Morgan fingerprint density at radius 1 is 1.22 bits per heavy atom. The molecule has 148 valence electrons. The molecule has 2 amide bonds. The average molecular weight is 372 g/mol. The Morgan fingerprint density at radius 3 is 2.74 bits per heavy atom. The van der Waals surface area contributed by atoms with E-state index in [9.17, 15) is 9.90 Å². The zero-order chi connectivity index (χ0) is 18.8. The maximum atomic E-state index is 12.8. The van der Waals surface area contributed by atoms with Gasteiger partial charge in [0.25, 0.3) is 0 Å². The molecule has 5 heteroatoms. The number of urea groups is 1. The molecular weight excluding hydrogens is 338 g/mol. The van der Waals surface area contributed by atoms with Gasteiger partial charge in [0.2, 0.25) is 0 Å². The fraction of sp³-hybridized carbons (Fsp3) is 0.682. The first-order chi connectivity index (χ1) is 13.2. The van der Waals surface area contributed by atoms with Crippen molar-refractivity contribution in [2.24, 2.45) is 5.92 Å². The van der Waals surface area contributed by atoms with Gasteiger partial charge in [-0.3, -0.25) is 9.80 Å². The Kier molecular flexibility index (Phi) is 5.69. The molecule has 5 nitrogen and oxygen atoms in total. The predicted molar refractivity (Wildman–Crippen MR) is 108 cm³/mol. The van der Waals surface area contributed by atoms with E-state index < -0.39 is 0 Å². The summed E-state index contributed by atoms with van der Waals surface area (Å²) in [6.07, 6.45) is 7.60. The van der Waals surface area contributed by atoms with Crippen LogP contribution < -0.4 is 10.2 Å². The number of anilines is 1. The Balaban J connectivity index is 1.56. The molecule has 3 atom stereocenters. The van der Waals surface area contributed by atoms with Gasteiger partial charge in [-0.2, -0.15) is 0 Å². The number of aliphatic hydroxyl groups excluding tert-OH is 1. The summed E-state index contributed by atoms with van der Waals surface area (Å²) >= 11 is 0. The topological polar surface area (TPSA) is 55.8 Å². The number of rotatable bonds is 5. The van der Waals surface area contributed by atoms with Crippen LogP contribution in [0, 0.1) is 5.92 Å². The van der Waals surface area contributed by atoms with Gasteiger partial charge in [0.05, 0.1) is 6.61 Å². The number of amides is 2. The summed E-state index contributed by atoms with van der Waals surface area (Å²) < 4.78 is 0. The molecule has 2 N–H and O–H groups in total. The van der Waals surface area contributed by atoms with Crippen LogP contribution >= 0.6 is 0 Å². The number of likely N-dealkylation sites (tertiary alicyclic amines) is 1. The van der Waals surface area contributed by atoms with Crippen molar-refractivity contribution in [3.63, 3.8) is 0 Å². The molecule has 1 saturated carbocycles. The minimum Gasteiger partial charge on any atom is -0.395 e. The van der Waals surface area contributed by atoms with Crippen molar-refractivity contribution in [3.05, 3.63) is 29.8 Å². The highest BCUT2D eigenvalue weighted by atomic mass is 16.3. The molecular formula is C22H33N3O2. The van der Waals surface area contributed by atoms with Gasteiger partial charge in [-0.15, -0.1) is 0 Å². The van der Waals surface area contributed by atoms with Crippen LogP contribution in [-0.2, 0) is 0 Å². The standard InChI is InChI=1S/C22H33N3O2/c1-2-12-23-22(27)25-14-19-21(17-10-6-7-11-18(17)25)20(15-26)24(19)13-16-8-4-3-5-9-16/h6-7,10-11,16,19-21,26H,2-5,8-9,12-15H2,1H3,(H,23,27)/t19-,20-,21+/m0/s1. The lowest BCUT2D eigenvalue weighted by atomic mass is 9.71. The van der Waals surface area contributed by atoms with Crippen LogP contribution in [-0.4, -0.2) is 54.4 Å². The molecule has 2 fully saturated rings. The highest BCUT2D eigenvalue weighted by Crippen LogP contribution is 2.48. The third kappa shape index (κ3) is 3.47. The molecule has 0 radical (unpaired) electrons. The van der Waals surface area contributed by atoms with Crippen LogP contribution in [0.3, 0.4) is 0 Å². The number of fused-ring (bicyclic) bond motifs is 3. The quantitative estimate of drug-likeness (QED) is 0.835. The number of aliphatic hydroxyl groups is 1. The first-order valence-corrected chi connectivity index (χ1v) is 10.8. The summed E-state index contributed by atoms with van der Waals surface area (Å²) in [6.45, 7) is 4.77. The molecule has 1 aromatic carbocycles. The van der Waals surface area contributed by atoms with Crippen molar-refractivity contribution < 1.29 is 9.90 Å². The molecule has 2 aliphatic heterocycles. The van der Waals surface area contributed by atoms with Crippen LogP contribution in [0.5, 0.6) is 0 Å². The van der Waals surface area contributed by atoms with Crippen molar-refractivity contribution in [3.8, 4) is 0 Å². The van der Waals surface area contributed by atoms with Crippen molar-refractivity contribution in [1.82, 2.24) is 10.2 Å². The molecule has 2 heterocycles. The van der Waals surface area contributed by atoms with Crippen LogP contribution in [0.2, 0.25) is 0 Å². The highest BCUT2D eigenvalue weighted by molar-refractivity contribution is 5.94. The summed E-state index contributed by atoms with van der Waals surface area (Å²) in [6, 6.07) is 8.79. The van der Waals surface area contributed by atoms with Crippen LogP contribution in [0.25, 0.3) is 0 Å². The molecule has 0 aromatic heterocycles. The molecule has 0 unspecified atom stereocenters. The van der Waals surface area contributed by atoms with Crippen LogP contribution in [0.15, 0.2) is 24.3 Å². The summed E-state index contributed by atoms with van der Waals surface area (Å²) in [7, 11) is 0. The van der Waals surface area contributed by atoms with Crippen molar-refractivity contribution in [1.29, 1.82) is 0 Å². The Bertz CT molecular complexity index is 659. The van der Waals surface area contributed by atoms with Gasteiger partial charge >= 0.3 is 6.03 Å². The molecule has 4 rings (SSSR count). The van der Waals surface area contributed by atoms with E-state index in [1.54, 1.807) is 0 Å². The zero-order valence-electron chi connectivity index (χ0n) is 16.4. The molecule has 1 aromatic rings. The van der Waals surface area contributed by atoms with E-state index in [1.807, 2.05) is 11.0 Å². The normalized spacial score (nSPS) is 28.2. The average Bonchev–Trinajstić information content (AvgIpc) is 2.71.